The maximum absolute atomic E-state index is 12.1. The maximum atomic E-state index is 12.1. The molecule has 0 aliphatic heterocycles. The molecule has 2 N–H and O–H groups in total. The quantitative estimate of drug-likeness (QED) is 0.758. The fourth-order valence-corrected chi connectivity index (χ4v) is 3.37. The number of hydrogen-bond acceptors (Lipinski definition) is 4. The predicted molar refractivity (Wildman–Crippen MR) is 96.8 cm³/mol. The lowest BCUT2D eigenvalue weighted by molar-refractivity contribution is 0.0947. The van der Waals surface area contributed by atoms with Crippen molar-refractivity contribution in [3.63, 3.8) is 0 Å². The molecule has 0 saturated heterocycles. The minimum Gasteiger partial charge on any atom is -0.459 e. The van der Waals surface area contributed by atoms with Crippen molar-refractivity contribution >= 4 is 5.91 Å². The fraction of sp³-hybridized carbons (Fsp3) is 0.250. The Morgan fingerprint density at radius 1 is 1.19 bits per heavy atom. The largest absolute Gasteiger partial charge is 0.459 e. The smallest absolute Gasteiger partial charge is 0.253 e. The number of furan rings is 1. The molecule has 0 atom stereocenters. The van der Waals surface area contributed by atoms with Crippen LogP contribution < -0.4 is 10.9 Å². The normalized spacial score (nSPS) is 13.2. The van der Waals surface area contributed by atoms with E-state index in [1.807, 2.05) is 12.1 Å². The second-order valence-electron chi connectivity index (χ2n) is 6.39. The highest BCUT2D eigenvalue weighted by molar-refractivity contribution is 5.93. The van der Waals surface area contributed by atoms with Crippen LogP contribution in [0.2, 0.25) is 0 Å². The number of nitrogens with one attached hydrogen (secondary N) is 2. The number of amides is 1. The lowest BCUT2D eigenvalue weighted by Crippen LogP contribution is -2.22. The number of carbonyl (C=O) groups is 1. The van der Waals surface area contributed by atoms with Gasteiger partial charge in [-0.15, -0.1) is 0 Å². The summed E-state index contributed by atoms with van der Waals surface area (Å²) in [6, 6.07) is 7.16. The zero-order chi connectivity index (χ0) is 17.9. The molecule has 0 bridgehead atoms. The van der Waals surface area contributed by atoms with Crippen LogP contribution in [0.4, 0.5) is 0 Å². The summed E-state index contributed by atoms with van der Waals surface area (Å²) >= 11 is 0. The van der Waals surface area contributed by atoms with Crippen molar-refractivity contribution in [3.8, 4) is 11.3 Å². The summed E-state index contributed by atoms with van der Waals surface area (Å²) in [5, 5.41) is 2.82. The van der Waals surface area contributed by atoms with Crippen molar-refractivity contribution in [2.75, 3.05) is 0 Å². The Bertz CT molecular complexity index is 989. The average Bonchev–Trinajstić information content (AvgIpc) is 3.16. The van der Waals surface area contributed by atoms with E-state index in [2.05, 4.69) is 15.3 Å². The molecule has 0 saturated carbocycles. The van der Waals surface area contributed by atoms with E-state index in [-0.39, 0.29) is 11.5 Å². The number of fused-ring (bicyclic) bond motifs is 1. The van der Waals surface area contributed by atoms with Gasteiger partial charge >= 0.3 is 0 Å². The highest BCUT2D eigenvalue weighted by atomic mass is 16.3. The topological polar surface area (TPSA) is 88.0 Å². The number of hydrogen-bond donors (Lipinski definition) is 2. The molecule has 3 aromatic heterocycles. The van der Waals surface area contributed by atoms with Gasteiger partial charge in [0.05, 0.1) is 12.1 Å². The molecule has 0 fully saturated rings. The third-order valence-corrected chi connectivity index (χ3v) is 4.69. The number of pyridine rings is 2. The highest BCUT2D eigenvalue weighted by Gasteiger charge is 2.19. The van der Waals surface area contributed by atoms with Crippen molar-refractivity contribution in [1.82, 2.24) is 15.3 Å². The van der Waals surface area contributed by atoms with Crippen molar-refractivity contribution < 1.29 is 9.21 Å². The molecule has 3 heterocycles. The first-order valence-corrected chi connectivity index (χ1v) is 8.73. The summed E-state index contributed by atoms with van der Waals surface area (Å²) in [5.41, 5.74) is 3.40. The molecule has 0 radical (unpaired) electrons. The van der Waals surface area contributed by atoms with E-state index in [1.165, 1.54) is 6.20 Å². The SMILES string of the molecule is O=C(NCc1ccc(-c2c[nH]c(=O)c3c2CCCC3)o1)c1cccnc1. The molecule has 6 heteroatoms. The van der Waals surface area contributed by atoms with Crippen LogP contribution in [0.15, 0.2) is 52.1 Å². The minimum absolute atomic E-state index is 0.000960. The van der Waals surface area contributed by atoms with Gasteiger partial charge in [-0.25, -0.2) is 0 Å². The van der Waals surface area contributed by atoms with Crippen molar-refractivity contribution in [1.29, 1.82) is 0 Å². The molecule has 6 nitrogen and oxygen atoms in total. The van der Waals surface area contributed by atoms with E-state index in [9.17, 15) is 9.59 Å². The first-order valence-electron chi connectivity index (χ1n) is 8.73. The summed E-state index contributed by atoms with van der Waals surface area (Å²) in [5.74, 6) is 1.18. The molecule has 4 rings (SSSR count). The zero-order valence-electron chi connectivity index (χ0n) is 14.2. The van der Waals surface area contributed by atoms with Crippen LogP contribution in [-0.2, 0) is 19.4 Å². The standard InChI is InChI=1S/C20H19N3O3/c24-19(13-4-3-9-21-10-13)22-11-14-7-8-18(26-14)17-12-23-20(25)16-6-2-1-5-15(16)17/h3-4,7-10,12H,1-2,5-6,11H2,(H,22,24)(H,23,25). The Labute approximate surface area is 150 Å². The molecule has 3 aromatic rings. The van der Waals surface area contributed by atoms with Crippen molar-refractivity contribution in [3.05, 3.63) is 75.7 Å². The molecule has 26 heavy (non-hydrogen) atoms. The Hall–Kier alpha value is -3.15. The van der Waals surface area contributed by atoms with Crippen LogP contribution in [-0.4, -0.2) is 15.9 Å². The van der Waals surface area contributed by atoms with Crippen LogP contribution in [0.1, 0.15) is 40.1 Å². The van der Waals surface area contributed by atoms with Crippen molar-refractivity contribution in [2.45, 2.75) is 32.2 Å². The molecular formula is C20H19N3O3. The molecule has 0 aromatic carbocycles. The number of carbonyl (C=O) groups excluding carboxylic acids is 1. The van der Waals surface area contributed by atoms with Gasteiger partial charge in [0.1, 0.15) is 11.5 Å². The van der Waals surface area contributed by atoms with E-state index in [1.54, 1.807) is 24.5 Å². The molecule has 1 aliphatic rings. The van der Waals surface area contributed by atoms with E-state index in [0.29, 0.717) is 23.6 Å². The van der Waals surface area contributed by atoms with Gasteiger partial charge in [0, 0.05) is 29.7 Å². The molecule has 1 aliphatic carbocycles. The number of rotatable bonds is 4. The first-order chi connectivity index (χ1) is 12.7. The second-order valence-corrected chi connectivity index (χ2v) is 6.39. The summed E-state index contributed by atoms with van der Waals surface area (Å²) in [6.07, 6.45) is 8.70. The van der Waals surface area contributed by atoms with Gasteiger partial charge in [0.15, 0.2) is 0 Å². The Morgan fingerprint density at radius 3 is 2.85 bits per heavy atom. The lowest BCUT2D eigenvalue weighted by atomic mass is 9.89. The second kappa shape index (κ2) is 7.00. The molecule has 0 spiro atoms. The van der Waals surface area contributed by atoms with Crippen LogP contribution in [0, 0.1) is 0 Å². The fourth-order valence-electron chi connectivity index (χ4n) is 3.37. The zero-order valence-corrected chi connectivity index (χ0v) is 14.2. The molecule has 132 valence electrons. The Morgan fingerprint density at radius 2 is 2.04 bits per heavy atom. The van der Waals surface area contributed by atoms with Gasteiger partial charge in [-0.05, 0) is 55.5 Å². The third kappa shape index (κ3) is 3.18. The number of aromatic nitrogens is 2. The van der Waals surface area contributed by atoms with Crippen LogP contribution >= 0.6 is 0 Å². The summed E-state index contributed by atoms with van der Waals surface area (Å²) in [6.45, 7) is 0.291. The van der Waals surface area contributed by atoms with Gasteiger partial charge in [-0.2, -0.15) is 0 Å². The summed E-state index contributed by atoms with van der Waals surface area (Å²) in [7, 11) is 0. The van der Waals surface area contributed by atoms with Gasteiger partial charge in [0.25, 0.3) is 11.5 Å². The average molecular weight is 349 g/mol. The Balaban J connectivity index is 1.52. The lowest BCUT2D eigenvalue weighted by Gasteiger charge is -2.17. The molecule has 1 amide bonds. The number of H-pyrrole nitrogens is 1. The molecule has 0 unspecified atom stereocenters. The monoisotopic (exact) mass is 349 g/mol. The van der Waals surface area contributed by atoms with Crippen LogP contribution in [0.25, 0.3) is 11.3 Å². The van der Waals surface area contributed by atoms with Crippen LogP contribution in [0.5, 0.6) is 0 Å². The third-order valence-electron chi connectivity index (χ3n) is 4.69. The van der Waals surface area contributed by atoms with E-state index >= 15 is 0 Å². The van der Waals surface area contributed by atoms with E-state index < -0.39 is 0 Å². The summed E-state index contributed by atoms with van der Waals surface area (Å²) in [4.78, 5) is 30.9. The van der Waals surface area contributed by atoms with Gasteiger partial charge in [-0.3, -0.25) is 14.6 Å². The Kier molecular flexibility index (Phi) is 4.39. The summed E-state index contributed by atoms with van der Waals surface area (Å²) < 4.78 is 5.91. The van der Waals surface area contributed by atoms with E-state index in [4.69, 9.17) is 4.42 Å². The first kappa shape index (κ1) is 16.3. The van der Waals surface area contributed by atoms with Gasteiger partial charge in [-0.1, -0.05) is 0 Å². The van der Waals surface area contributed by atoms with Crippen LogP contribution in [0.3, 0.4) is 0 Å². The van der Waals surface area contributed by atoms with E-state index in [0.717, 1.165) is 42.4 Å². The van der Waals surface area contributed by atoms with Gasteiger partial charge < -0.3 is 14.7 Å². The van der Waals surface area contributed by atoms with Gasteiger partial charge in [0.2, 0.25) is 0 Å². The molecular weight excluding hydrogens is 330 g/mol. The van der Waals surface area contributed by atoms with Crippen molar-refractivity contribution in [2.24, 2.45) is 0 Å². The highest BCUT2D eigenvalue weighted by Crippen LogP contribution is 2.30. The minimum atomic E-state index is -0.197. The maximum Gasteiger partial charge on any atom is 0.253 e. The number of aromatic amines is 1. The number of nitrogens with zero attached hydrogens (tertiary/aromatic N) is 1. The predicted octanol–water partition coefficient (Wildman–Crippen LogP) is 2.84.